The zero-order valence-electron chi connectivity index (χ0n) is 14.6. The van der Waals surface area contributed by atoms with Gasteiger partial charge < -0.3 is 19.7 Å². The second-order valence-electron chi connectivity index (χ2n) is 6.20. The van der Waals surface area contributed by atoms with Crippen LogP contribution in [-0.2, 0) is 4.74 Å². The fraction of sp³-hybridized carbons (Fsp3) is 0.786. The summed E-state index contributed by atoms with van der Waals surface area (Å²) in [5.74, 6) is -0.119. The lowest BCUT2D eigenvalue weighted by atomic mass is 10.2. The minimum atomic E-state index is -5.67. The molecule has 1 aromatic heterocycles. The van der Waals surface area contributed by atoms with Crippen molar-refractivity contribution in [1.82, 2.24) is 15.0 Å². The molecular formula is C14H19F6N5O2. The first-order valence-corrected chi connectivity index (χ1v) is 8.09. The van der Waals surface area contributed by atoms with E-state index in [4.69, 9.17) is 4.74 Å². The molecule has 0 unspecified atom stereocenters. The van der Waals surface area contributed by atoms with E-state index in [1.165, 1.54) is 0 Å². The Balaban J connectivity index is 2.33. The van der Waals surface area contributed by atoms with Crippen LogP contribution in [0.1, 0.15) is 13.8 Å². The zero-order valence-corrected chi connectivity index (χ0v) is 14.6. The van der Waals surface area contributed by atoms with E-state index >= 15 is 0 Å². The van der Waals surface area contributed by atoms with Crippen molar-refractivity contribution in [2.75, 3.05) is 43.1 Å². The van der Waals surface area contributed by atoms with E-state index < -0.39 is 24.5 Å². The van der Waals surface area contributed by atoms with Crippen molar-refractivity contribution >= 4 is 11.9 Å². The molecule has 0 spiro atoms. The molecular weight excluding hydrogens is 384 g/mol. The van der Waals surface area contributed by atoms with Gasteiger partial charge >= 0.3 is 18.4 Å². The second kappa shape index (κ2) is 8.31. The number of rotatable bonds is 6. The van der Waals surface area contributed by atoms with Crippen LogP contribution in [0.5, 0.6) is 6.01 Å². The highest BCUT2D eigenvalue weighted by Gasteiger charge is 2.59. The summed E-state index contributed by atoms with van der Waals surface area (Å²) in [5.41, 5.74) is 0. The smallest absolute Gasteiger partial charge is 0.434 e. The van der Waals surface area contributed by atoms with Crippen molar-refractivity contribution < 1.29 is 35.8 Å². The third-order valence-electron chi connectivity index (χ3n) is 3.38. The van der Waals surface area contributed by atoms with Gasteiger partial charge in [-0.25, -0.2) is 0 Å². The highest BCUT2D eigenvalue weighted by Crippen LogP contribution is 2.36. The van der Waals surface area contributed by atoms with E-state index in [-0.39, 0.29) is 17.8 Å². The minimum Gasteiger partial charge on any atom is -0.440 e. The quantitative estimate of drug-likeness (QED) is 0.733. The maximum Gasteiger partial charge on any atom is 0.434 e. The number of nitrogens with zero attached hydrogens (tertiary/aromatic N) is 4. The maximum atomic E-state index is 12.8. The Morgan fingerprint density at radius 2 is 1.63 bits per heavy atom. The molecule has 0 aromatic carbocycles. The lowest BCUT2D eigenvalue weighted by Crippen LogP contribution is -2.47. The number of nitrogens with one attached hydrogen (secondary N) is 1. The van der Waals surface area contributed by atoms with E-state index in [0.29, 0.717) is 32.8 Å². The Morgan fingerprint density at radius 1 is 1.04 bits per heavy atom. The third-order valence-corrected chi connectivity index (χ3v) is 3.38. The molecule has 1 saturated heterocycles. The number of hydrogen-bond acceptors (Lipinski definition) is 7. The van der Waals surface area contributed by atoms with Gasteiger partial charge in [0.2, 0.25) is 11.9 Å². The average Bonchev–Trinajstić information content (AvgIpc) is 2.56. The summed E-state index contributed by atoms with van der Waals surface area (Å²) in [6.45, 7) is 5.38. The first-order chi connectivity index (χ1) is 12.5. The zero-order chi connectivity index (χ0) is 20.2. The standard InChI is InChI=1S/C14H19F6N5O2/c1-8(2)7-21-10-22-11(25-3-5-26-6-4-25)24-12(23-10)27-9(13(15,16)17)14(18,19)20/h8-9H,3-7H2,1-2H3,(H,21,22,23,24). The van der Waals surface area contributed by atoms with Gasteiger partial charge in [-0.3, -0.25) is 0 Å². The molecule has 1 aliphatic rings. The van der Waals surface area contributed by atoms with E-state index in [1.807, 2.05) is 13.8 Å². The summed E-state index contributed by atoms with van der Waals surface area (Å²) < 4.78 is 85.8. The molecule has 0 aliphatic carbocycles. The van der Waals surface area contributed by atoms with Gasteiger partial charge in [0.15, 0.2) is 0 Å². The van der Waals surface area contributed by atoms with E-state index in [1.54, 1.807) is 4.90 Å². The first kappa shape index (κ1) is 21.3. The Hall–Kier alpha value is -2.05. The lowest BCUT2D eigenvalue weighted by molar-refractivity contribution is -0.301. The molecule has 1 fully saturated rings. The van der Waals surface area contributed by atoms with Gasteiger partial charge in [0.25, 0.3) is 6.10 Å². The van der Waals surface area contributed by atoms with Crippen molar-refractivity contribution in [2.45, 2.75) is 32.3 Å². The molecule has 1 N–H and O–H groups in total. The van der Waals surface area contributed by atoms with Gasteiger partial charge in [-0.1, -0.05) is 13.8 Å². The molecule has 27 heavy (non-hydrogen) atoms. The van der Waals surface area contributed by atoms with Crippen LogP contribution >= 0.6 is 0 Å². The highest BCUT2D eigenvalue weighted by molar-refractivity contribution is 5.38. The molecule has 0 atom stereocenters. The van der Waals surface area contributed by atoms with Gasteiger partial charge in [-0.2, -0.15) is 41.3 Å². The third kappa shape index (κ3) is 6.26. The SMILES string of the molecule is CC(C)CNc1nc(OC(C(F)(F)F)C(F)(F)F)nc(N2CCOCC2)n1. The number of hydrogen-bond donors (Lipinski definition) is 1. The molecule has 154 valence electrons. The highest BCUT2D eigenvalue weighted by atomic mass is 19.4. The van der Waals surface area contributed by atoms with Crippen LogP contribution in [0.15, 0.2) is 0 Å². The number of alkyl halides is 6. The topological polar surface area (TPSA) is 72.4 Å². The molecule has 0 bridgehead atoms. The van der Waals surface area contributed by atoms with Crippen molar-refractivity contribution in [2.24, 2.45) is 5.92 Å². The van der Waals surface area contributed by atoms with Gasteiger partial charge in [0.1, 0.15) is 0 Å². The molecule has 0 radical (unpaired) electrons. The van der Waals surface area contributed by atoms with Crippen molar-refractivity contribution in [1.29, 1.82) is 0 Å². The predicted octanol–water partition coefficient (Wildman–Crippen LogP) is 2.65. The number of halogens is 6. The van der Waals surface area contributed by atoms with Crippen molar-refractivity contribution in [3.63, 3.8) is 0 Å². The number of anilines is 2. The Bertz CT molecular complexity index is 605. The van der Waals surface area contributed by atoms with E-state index in [0.717, 1.165) is 0 Å². The molecule has 0 amide bonds. The summed E-state index contributed by atoms with van der Waals surface area (Å²) >= 11 is 0. The van der Waals surface area contributed by atoms with Gasteiger partial charge in [0, 0.05) is 19.6 Å². The van der Waals surface area contributed by atoms with E-state index in [2.05, 4.69) is 25.0 Å². The Morgan fingerprint density at radius 3 is 2.15 bits per heavy atom. The maximum absolute atomic E-state index is 12.8. The van der Waals surface area contributed by atoms with E-state index in [9.17, 15) is 26.3 Å². The van der Waals surface area contributed by atoms with Crippen LogP contribution in [0.3, 0.4) is 0 Å². The average molecular weight is 403 g/mol. The summed E-state index contributed by atoms with van der Waals surface area (Å²) in [6, 6.07) is -1.06. The summed E-state index contributed by atoms with van der Waals surface area (Å²) in [7, 11) is 0. The normalized spacial score (nSPS) is 16.1. The molecule has 13 heteroatoms. The summed E-state index contributed by atoms with van der Waals surface area (Å²) in [6.07, 6.45) is -15.4. The number of ether oxygens (including phenoxy) is 2. The molecule has 2 rings (SSSR count). The summed E-state index contributed by atoms with van der Waals surface area (Å²) in [5, 5.41) is 2.75. The lowest BCUT2D eigenvalue weighted by Gasteiger charge is -2.28. The van der Waals surface area contributed by atoms with Crippen LogP contribution in [0, 0.1) is 5.92 Å². The van der Waals surface area contributed by atoms with Crippen LogP contribution in [0.25, 0.3) is 0 Å². The Kier molecular flexibility index (Phi) is 6.54. The van der Waals surface area contributed by atoms with Crippen molar-refractivity contribution in [3.8, 4) is 6.01 Å². The molecule has 7 nitrogen and oxygen atoms in total. The van der Waals surface area contributed by atoms with Crippen LogP contribution in [-0.4, -0.2) is 66.3 Å². The van der Waals surface area contributed by atoms with Crippen molar-refractivity contribution in [3.05, 3.63) is 0 Å². The monoisotopic (exact) mass is 403 g/mol. The summed E-state index contributed by atoms with van der Waals surface area (Å²) in [4.78, 5) is 12.8. The van der Waals surface area contributed by atoms with Crippen LogP contribution in [0.2, 0.25) is 0 Å². The van der Waals surface area contributed by atoms with Crippen LogP contribution in [0.4, 0.5) is 38.2 Å². The first-order valence-electron chi connectivity index (χ1n) is 8.09. The molecule has 1 aromatic rings. The minimum absolute atomic E-state index is 0.0855. The number of morpholine rings is 1. The number of aromatic nitrogens is 3. The van der Waals surface area contributed by atoms with Gasteiger partial charge in [-0.05, 0) is 5.92 Å². The fourth-order valence-electron chi connectivity index (χ4n) is 2.10. The fourth-order valence-corrected chi connectivity index (χ4v) is 2.10. The van der Waals surface area contributed by atoms with Crippen LogP contribution < -0.4 is 15.0 Å². The predicted molar refractivity (Wildman–Crippen MR) is 82.7 cm³/mol. The largest absolute Gasteiger partial charge is 0.440 e. The second-order valence-corrected chi connectivity index (χ2v) is 6.20. The molecule has 0 saturated carbocycles. The van der Waals surface area contributed by atoms with Gasteiger partial charge in [0.05, 0.1) is 13.2 Å². The Labute approximate surface area is 151 Å². The van der Waals surface area contributed by atoms with Gasteiger partial charge in [-0.15, -0.1) is 0 Å². The molecule has 2 heterocycles. The molecule has 1 aliphatic heterocycles.